The van der Waals surface area contributed by atoms with E-state index in [1.807, 2.05) is 0 Å². The van der Waals surface area contributed by atoms with Crippen LogP contribution in [-0.2, 0) is 0 Å². The topological polar surface area (TPSA) is 42.9 Å². The molecule has 1 aromatic carbocycles. The van der Waals surface area contributed by atoms with Gasteiger partial charge < -0.3 is 0 Å². The maximum absolute atomic E-state index is 11.2. The van der Waals surface area contributed by atoms with E-state index in [0.29, 0.717) is 16.1 Å². The molecule has 14 heavy (non-hydrogen) atoms. The van der Waals surface area contributed by atoms with E-state index in [0.717, 1.165) is 5.52 Å². The van der Waals surface area contributed by atoms with Crippen molar-refractivity contribution in [2.75, 3.05) is 0 Å². The molecule has 0 aliphatic carbocycles. The number of hydrogen-bond donors (Lipinski definition) is 0. The molecule has 1 heterocycles. The summed E-state index contributed by atoms with van der Waals surface area (Å²) in [6, 6.07) is 5.21. The standard InChI is InChI=1S/C10H7ClN2O/c1-6(14)10-8-4-7(11)2-3-9(8)12-5-13-10/h2-5H,1H3. The lowest BCUT2D eigenvalue weighted by molar-refractivity contribution is 0.101. The molecule has 0 saturated heterocycles. The molecule has 0 atom stereocenters. The van der Waals surface area contributed by atoms with Gasteiger partial charge in [0.15, 0.2) is 5.78 Å². The lowest BCUT2D eigenvalue weighted by Gasteiger charge is -2.01. The van der Waals surface area contributed by atoms with Gasteiger partial charge in [-0.3, -0.25) is 4.79 Å². The van der Waals surface area contributed by atoms with Crippen molar-refractivity contribution in [2.24, 2.45) is 0 Å². The predicted octanol–water partition coefficient (Wildman–Crippen LogP) is 2.49. The number of Topliss-reactive ketones (excluding diaryl/α,β-unsaturated/α-hetero) is 1. The van der Waals surface area contributed by atoms with Crippen molar-refractivity contribution in [3.05, 3.63) is 35.2 Å². The van der Waals surface area contributed by atoms with Gasteiger partial charge in [0.25, 0.3) is 0 Å². The zero-order valence-corrected chi connectivity index (χ0v) is 8.25. The van der Waals surface area contributed by atoms with Crippen molar-refractivity contribution < 1.29 is 4.79 Å². The normalized spacial score (nSPS) is 10.4. The van der Waals surface area contributed by atoms with Crippen LogP contribution in [0, 0.1) is 0 Å². The molecule has 0 saturated carbocycles. The molecule has 0 aliphatic heterocycles. The van der Waals surface area contributed by atoms with Crippen LogP contribution in [-0.4, -0.2) is 15.8 Å². The molecule has 3 nitrogen and oxygen atoms in total. The summed E-state index contributed by atoms with van der Waals surface area (Å²) in [6.07, 6.45) is 1.38. The van der Waals surface area contributed by atoms with Crippen LogP contribution in [0.5, 0.6) is 0 Å². The van der Waals surface area contributed by atoms with E-state index in [4.69, 9.17) is 11.6 Å². The lowest BCUT2D eigenvalue weighted by Crippen LogP contribution is -1.98. The minimum atomic E-state index is -0.0836. The van der Waals surface area contributed by atoms with E-state index in [1.165, 1.54) is 13.3 Å². The highest BCUT2D eigenvalue weighted by molar-refractivity contribution is 6.31. The summed E-state index contributed by atoms with van der Waals surface area (Å²) in [4.78, 5) is 19.2. The molecule has 0 amide bonds. The number of benzene rings is 1. The molecule has 1 aromatic heterocycles. The predicted molar refractivity (Wildman–Crippen MR) is 54.6 cm³/mol. The van der Waals surface area contributed by atoms with Crippen molar-refractivity contribution in [2.45, 2.75) is 6.92 Å². The third-order valence-electron chi connectivity index (χ3n) is 1.93. The van der Waals surface area contributed by atoms with E-state index in [-0.39, 0.29) is 5.78 Å². The molecule has 4 heteroatoms. The number of aromatic nitrogens is 2. The minimum absolute atomic E-state index is 0.0836. The summed E-state index contributed by atoms with van der Waals surface area (Å²) in [5.41, 5.74) is 1.15. The lowest BCUT2D eigenvalue weighted by atomic mass is 10.1. The van der Waals surface area contributed by atoms with Crippen LogP contribution in [0.1, 0.15) is 17.4 Å². The zero-order valence-electron chi connectivity index (χ0n) is 7.49. The fraction of sp³-hybridized carbons (Fsp3) is 0.100. The molecular formula is C10H7ClN2O. The molecule has 2 aromatic rings. The van der Waals surface area contributed by atoms with Gasteiger partial charge in [0.05, 0.1) is 5.52 Å². The number of carbonyl (C=O) groups is 1. The van der Waals surface area contributed by atoms with Gasteiger partial charge in [-0.2, -0.15) is 0 Å². The number of rotatable bonds is 1. The number of halogens is 1. The fourth-order valence-corrected chi connectivity index (χ4v) is 1.48. The highest BCUT2D eigenvalue weighted by Gasteiger charge is 2.07. The van der Waals surface area contributed by atoms with Gasteiger partial charge in [0.2, 0.25) is 0 Å². The molecule has 0 N–H and O–H groups in total. The average molecular weight is 207 g/mol. The summed E-state index contributed by atoms with van der Waals surface area (Å²) < 4.78 is 0. The third-order valence-corrected chi connectivity index (χ3v) is 2.17. The van der Waals surface area contributed by atoms with E-state index >= 15 is 0 Å². The van der Waals surface area contributed by atoms with E-state index < -0.39 is 0 Å². The number of carbonyl (C=O) groups excluding carboxylic acids is 1. The van der Waals surface area contributed by atoms with Gasteiger partial charge in [0.1, 0.15) is 12.0 Å². The highest BCUT2D eigenvalue weighted by atomic mass is 35.5. The highest BCUT2D eigenvalue weighted by Crippen LogP contribution is 2.19. The third kappa shape index (κ3) is 1.46. The second-order valence-electron chi connectivity index (χ2n) is 2.94. The maximum Gasteiger partial charge on any atom is 0.178 e. The first-order valence-electron chi connectivity index (χ1n) is 4.09. The largest absolute Gasteiger partial charge is 0.293 e. The van der Waals surface area contributed by atoms with Crippen molar-refractivity contribution >= 4 is 28.3 Å². The smallest absolute Gasteiger partial charge is 0.178 e. The summed E-state index contributed by atoms with van der Waals surface area (Å²) in [5, 5.41) is 1.28. The SMILES string of the molecule is CC(=O)c1ncnc2ccc(Cl)cc12. The van der Waals surface area contributed by atoms with Crippen molar-refractivity contribution in [1.82, 2.24) is 9.97 Å². The van der Waals surface area contributed by atoms with Crippen LogP contribution in [0.15, 0.2) is 24.5 Å². The zero-order chi connectivity index (χ0) is 10.1. The van der Waals surface area contributed by atoms with Gasteiger partial charge >= 0.3 is 0 Å². The van der Waals surface area contributed by atoms with Crippen LogP contribution in [0.4, 0.5) is 0 Å². The van der Waals surface area contributed by atoms with Gasteiger partial charge in [-0.1, -0.05) is 11.6 Å². The van der Waals surface area contributed by atoms with Crippen LogP contribution < -0.4 is 0 Å². The van der Waals surface area contributed by atoms with E-state index in [2.05, 4.69) is 9.97 Å². The summed E-state index contributed by atoms with van der Waals surface area (Å²) >= 11 is 5.83. The monoisotopic (exact) mass is 206 g/mol. The van der Waals surface area contributed by atoms with Gasteiger partial charge in [0, 0.05) is 17.3 Å². The number of ketones is 1. The number of hydrogen-bond acceptors (Lipinski definition) is 3. The second-order valence-corrected chi connectivity index (χ2v) is 3.38. The number of nitrogens with zero attached hydrogens (tertiary/aromatic N) is 2. The van der Waals surface area contributed by atoms with Crippen molar-refractivity contribution in [1.29, 1.82) is 0 Å². The Morgan fingerprint density at radius 2 is 2.14 bits per heavy atom. The van der Waals surface area contributed by atoms with Crippen LogP contribution >= 0.6 is 11.6 Å². The Bertz CT molecular complexity index is 510. The number of fused-ring (bicyclic) bond motifs is 1. The summed E-state index contributed by atoms with van der Waals surface area (Å²) in [6.45, 7) is 1.47. The Balaban J connectivity index is 2.84. The minimum Gasteiger partial charge on any atom is -0.293 e. The van der Waals surface area contributed by atoms with Crippen LogP contribution in [0.3, 0.4) is 0 Å². The summed E-state index contributed by atoms with van der Waals surface area (Å²) in [7, 11) is 0. The first-order chi connectivity index (χ1) is 6.68. The van der Waals surface area contributed by atoms with E-state index in [1.54, 1.807) is 18.2 Å². The molecule has 0 bridgehead atoms. The second kappa shape index (κ2) is 3.35. The van der Waals surface area contributed by atoms with Crippen LogP contribution in [0.2, 0.25) is 5.02 Å². The molecule has 0 radical (unpaired) electrons. The molecule has 0 unspecified atom stereocenters. The molecule has 2 rings (SSSR count). The Morgan fingerprint density at radius 3 is 2.86 bits per heavy atom. The first kappa shape index (κ1) is 9.09. The molecule has 0 fully saturated rings. The maximum atomic E-state index is 11.2. The van der Waals surface area contributed by atoms with Gasteiger partial charge in [-0.05, 0) is 18.2 Å². The van der Waals surface area contributed by atoms with E-state index in [9.17, 15) is 4.79 Å². The molecule has 0 spiro atoms. The van der Waals surface area contributed by atoms with Crippen molar-refractivity contribution in [3.8, 4) is 0 Å². The van der Waals surface area contributed by atoms with Gasteiger partial charge in [-0.15, -0.1) is 0 Å². The molecule has 0 aliphatic rings. The quantitative estimate of drug-likeness (QED) is 0.674. The summed E-state index contributed by atoms with van der Waals surface area (Å²) in [5.74, 6) is -0.0836. The Morgan fingerprint density at radius 1 is 1.36 bits per heavy atom. The average Bonchev–Trinajstić information content (AvgIpc) is 2.16. The molecular weight excluding hydrogens is 200 g/mol. The molecule has 70 valence electrons. The van der Waals surface area contributed by atoms with Crippen LogP contribution in [0.25, 0.3) is 10.9 Å². The first-order valence-corrected chi connectivity index (χ1v) is 4.47. The fourth-order valence-electron chi connectivity index (χ4n) is 1.31. The van der Waals surface area contributed by atoms with Crippen molar-refractivity contribution in [3.63, 3.8) is 0 Å². The Labute approximate surface area is 85.7 Å². The van der Waals surface area contributed by atoms with Gasteiger partial charge in [-0.25, -0.2) is 9.97 Å². The Kier molecular flexibility index (Phi) is 2.17. The Hall–Kier alpha value is -1.48.